The lowest BCUT2D eigenvalue weighted by atomic mass is 9.97. The van der Waals surface area contributed by atoms with E-state index in [1.807, 2.05) is 0 Å². The van der Waals surface area contributed by atoms with Crippen LogP contribution in [0.3, 0.4) is 0 Å². The molecule has 0 aliphatic carbocycles. The van der Waals surface area contributed by atoms with Crippen molar-refractivity contribution in [1.82, 2.24) is 9.80 Å². The van der Waals surface area contributed by atoms with Crippen LogP contribution >= 0.6 is 0 Å². The summed E-state index contributed by atoms with van der Waals surface area (Å²) in [4.78, 5) is 4.88. The maximum atomic E-state index is 9.68. The standard InChI is InChI=1S/C12H26N2O/c1-5-14(6-2)12(10-15)7-8-13(9-12)11(3)4/h11,15H,5-10H2,1-4H3. The molecule has 1 unspecified atom stereocenters. The van der Waals surface area contributed by atoms with E-state index in [1.54, 1.807) is 0 Å². The van der Waals surface area contributed by atoms with Crippen LogP contribution in [-0.2, 0) is 0 Å². The molecule has 1 saturated heterocycles. The first-order valence-electron chi connectivity index (χ1n) is 6.19. The maximum absolute atomic E-state index is 9.68. The van der Waals surface area contributed by atoms with Gasteiger partial charge < -0.3 is 5.11 Å². The second-order valence-electron chi connectivity index (χ2n) is 4.87. The van der Waals surface area contributed by atoms with Crippen LogP contribution in [0.5, 0.6) is 0 Å². The van der Waals surface area contributed by atoms with E-state index in [9.17, 15) is 5.11 Å². The first kappa shape index (κ1) is 12.9. The first-order valence-corrected chi connectivity index (χ1v) is 6.19. The van der Waals surface area contributed by atoms with Crippen molar-refractivity contribution >= 4 is 0 Å². The summed E-state index contributed by atoms with van der Waals surface area (Å²) < 4.78 is 0. The van der Waals surface area contributed by atoms with Gasteiger partial charge in [-0.2, -0.15) is 0 Å². The van der Waals surface area contributed by atoms with E-state index in [4.69, 9.17) is 0 Å². The van der Waals surface area contributed by atoms with Crippen LogP contribution in [-0.4, -0.2) is 59.3 Å². The molecule has 3 heteroatoms. The highest BCUT2D eigenvalue weighted by atomic mass is 16.3. The van der Waals surface area contributed by atoms with Gasteiger partial charge in [0.05, 0.1) is 12.1 Å². The normalized spacial score (nSPS) is 28.2. The highest BCUT2D eigenvalue weighted by Crippen LogP contribution is 2.28. The molecule has 1 heterocycles. The van der Waals surface area contributed by atoms with Crippen molar-refractivity contribution < 1.29 is 5.11 Å². The van der Waals surface area contributed by atoms with E-state index < -0.39 is 0 Å². The molecule has 1 aliphatic rings. The topological polar surface area (TPSA) is 26.7 Å². The monoisotopic (exact) mass is 214 g/mol. The minimum atomic E-state index is 0.0216. The zero-order valence-corrected chi connectivity index (χ0v) is 10.7. The van der Waals surface area contributed by atoms with Gasteiger partial charge in [-0.25, -0.2) is 0 Å². The molecule has 0 bridgehead atoms. The number of hydrogen-bond acceptors (Lipinski definition) is 3. The SMILES string of the molecule is CCN(CC)C1(CO)CCN(C(C)C)C1. The lowest BCUT2D eigenvalue weighted by Crippen LogP contribution is -2.53. The molecular weight excluding hydrogens is 188 g/mol. The van der Waals surface area contributed by atoms with Crippen LogP contribution in [0.15, 0.2) is 0 Å². The van der Waals surface area contributed by atoms with Crippen LogP contribution in [0, 0.1) is 0 Å². The average molecular weight is 214 g/mol. The molecule has 1 atom stereocenters. The Kier molecular flexibility index (Phi) is 4.56. The van der Waals surface area contributed by atoms with E-state index in [2.05, 4.69) is 37.5 Å². The Hall–Kier alpha value is -0.120. The van der Waals surface area contributed by atoms with Crippen LogP contribution < -0.4 is 0 Å². The minimum Gasteiger partial charge on any atom is -0.394 e. The third-order valence-corrected chi connectivity index (χ3v) is 3.82. The van der Waals surface area contributed by atoms with E-state index >= 15 is 0 Å². The predicted molar refractivity (Wildman–Crippen MR) is 64.1 cm³/mol. The minimum absolute atomic E-state index is 0.0216. The Labute approximate surface area is 94.1 Å². The maximum Gasteiger partial charge on any atom is 0.0628 e. The van der Waals surface area contributed by atoms with Gasteiger partial charge in [-0.15, -0.1) is 0 Å². The van der Waals surface area contributed by atoms with Gasteiger partial charge in [-0.05, 0) is 33.4 Å². The van der Waals surface area contributed by atoms with Gasteiger partial charge in [-0.1, -0.05) is 13.8 Å². The fourth-order valence-corrected chi connectivity index (χ4v) is 2.71. The fourth-order valence-electron chi connectivity index (χ4n) is 2.71. The van der Waals surface area contributed by atoms with Crippen molar-refractivity contribution in [2.75, 3.05) is 32.8 Å². The van der Waals surface area contributed by atoms with Gasteiger partial charge in [0.2, 0.25) is 0 Å². The number of likely N-dealkylation sites (tertiary alicyclic amines) is 1. The molecule has 0 aromatic heterocycles. The molecule has 90 valence electrons. The number of nitrogens with zero attached hydrogens (tertiary/aromatic N) is 2. The van der Waals surface area contributed by atoms with E-state index in [-0.39, 0.29) is 12.1 Å². The van der Waals surface area contributed by atoms with Crippen LogP contribution in [0.4, 0.5) is 0 Å². The van der Waals surface area contributed by atoms with Gasteiger partial charge in [-0.3, -0.25) is 9.80 Å². The van der Waals surface area contributed by atoms with Crippen LogP contribution in [0.25, 0.3) is 0 Å². The summed E-state index contributed by atoms with van der Waals surface area (Å²) in [5, 5.41) is 9.68. The van der Waals surface area contributed by atoms with Crippen LogP contribution in [0.1, 0.15) is 34.1 Å². The molecule has 0 aromatic rings. The number of hydrogen-bond donors (Lipinski definition) is 1. The number of aliphatic hydroxyl groups is 1. The fraction of sp³-hybridized carbons (Fsp3) is 1.00. The van der Waals surface area contributed by atoms with Gasteiger partial charge in [0.25, 0.3) is 0 Å². The summed E-state index contributed by atoms with van der Waals surface area (Å²) in [7, 11) is 0. The van der Waals surface area contributed by atoms with Gasteiger partial charge in [0.15, 0.2) is 0 Å². The molecule has 0 amide bonds. The quantitative estimate of drug-likeness (QED) is 0.744. The Morgan fingerprint density at radius 2 is 1.93 bits per heavy atom. The zero-order valence-electron chi connectivity index (χ0n) is 10.7. The zero-order chi connectivity index (χ0) is 11.5. The molecule has 1 fully saturated rings. The number of rotatable bonds is 5. The second-order valence-corrected chi connectivity index (χ2v) is 4.87. The third-order valence-electron chi connectivity index (χ3n) is 3.82. The van der Waals surface area contributed by atoms with E-state index in [0.717, 1.165) is 32.6 Å². The summed E-state index contributed by atoms with van der Waals surface area (Å²) in [5.74, 6) is 0. The molecule has 15 heavy (non-hydrogen) atoms. The highest BCUT2D eigenvalue weighted by molar-refractivity contribution is 4.99. The van der Waals surface area contributed by atoms with Crippen molar-refractivity contribution in [2.24, 2.45) is 0 Å². The van der Waals surface area contributed by atoms with Crippen molar-refractivity contribution in [2.45, 2.75) is 45.7 Å². The Morgan fingerprint density at radius 1 is 1.33 bits per heavy atom. The van der Waals surface area contributed by atoms with Gasteiger partial charge in [0, 0.05) is 19.1 Å². The lowest BCUT2D eigenvalue weighted by Gasteiger charge is -2.39. The highest BCUT2D eigenvalue weighted by Gasteiger charge is 2.41. The van der Waals surface area contributed by atoms with E-state index in [1.165, 1.54) is 0 Å². The summed E-state index contributed by atoms with van der Waals surface area (Å²) in [6.45, 7) is 13.3. The summed E-state index contributed by atoms with van der Waals surface area (Å²) >= 11 is 0. The molecule has 0 saturated carbocycles. The van der Waals surface area contributed by atoms with Crippen LogP contribution in [0.2, 0.25) is 0 Å². The Balaban J connectivity index is 2.71. The number of likely N-dealkylation sites (N-methyl/N-ethyl adjacent to an activating group) is 1. The number of aliphatic hydroxyl groups excluding tert-OH is 1. The Morgan fingerprint density at radius 3 is 2.27 bits per heavy atom. The molecule has 0 aromatic carbocycles. The smallest absolute Gasteiger partial charge is 0.0628 e. The first-order chi connectivity index (χ1) is 7.09. The molecule has 0 radical (unpaired) electrons. The molecule has 1 N–H and O–H groups in total. The molecule has 3 nitrogen and oxygen atoms in total. The lowest BCUT2D eigenvalue weighted by molar-refractivity contribution is 0.0403. The van der Waals surface area contributed by atoms with Crippen molar-refractivity contribution in [1.29, 1.82) is 0 Å². The van der Waals surface area contributed by atoms with Crippen molar-refractivity contribution in [3.8, 4) is 0 Å². The average Bonchev–Trinajstić information content (AvgIpc) is 2.65. The largest absolute Gasteiger partial charge is 0.394 e. The molecule has 1 rings (SSSR count). The Bertz CT molecular complexity index is 192. The second kappa shape index (κ2) is 5.28. The van der Waals surface area contributed by atoms with Crippen molar-refractivity contribution in [3.05, 3.63) is 0 Å². The third kappa shape index (κ3) is 2.52. The van der Waals surface area contributed by atoms with Gasteiger partial charge >= 0.3 is 0 Å². The summed E-state index contributed by atoms with van der Waals surface area (Å²) in [6.07, 6.45) is 1.10. The molecular formula is C12H26N2O. The molecule has 1 aliphatic heterocycles. The van der Waals surface area contributed by atoms with Crippen molar-refractivity contribution in [3.63, 3.8) is 0 Å². The summed E-state index contributed by atoms with van der Waals surface area (Å²) in [5.41, 5.74) is 0.0216. The summed E-state index contributed by atoms with van der Waals surface area (Å²) in [6, 6.07) is 0.592. The van der Waals surface area contributed by atoms with E-state index in [0.29, 0.717) is 6.04 Å². The molecule has 0 spiro atoms. The predicted octanol–water partition coefficient (Wildman–Crippen LogP) is 1.17. The van der Waals surface area contributed by atoms with Gasteiger partial charge in [0.1, 0.15) is 0 Å².